The van der Waals surface area contributed by atoms with Crippen LogP contribution in [-0.4, -0.2) is 35.3 Å². The van der Waals surface area contributed by atoms with Gasteiger partial charge in [0.1, 0.15) is 6.04 Å². The van der Waals surface area contributed by atoms with E-state index in [9.17, 15) is 9.18 Å². The molecule has 0 heterocycles. The van der Waals surface area contributed by atoms with Crippen LogP contribution in [0.3, 0.4) is 0 Å². The van der Waals surface area contributed by atoms with Gasteiger partial charge in [-0.25, -0.2) is 0 Å². The van der Waals surface area contributed by atoms with Crippen molar-refractivity contribution in [2.24, 2.45) is 5.73 Å². The van der Waals surface area contributed by atoms with Gasteiger partial charge in [-0.05, 0) is 24.3 Å². The third-order valence-electron chi connectivity index (χ3n) is 1.31. The average Bonchev–Trinajstić information content (AvgIpc) is 2.03. The number of carbonyl (C=O) groups is 1. The molecule has 0 fully saturated rings. The minimum absolute atomic E-state index is 0.308. The second-order valence-electron chi connectivity index (χ2n) is 2.39. The molecule has 0 aliphatic carbocycles. The average molecular weight is 194 g/mol. The molecule has 0 aliphatic heterocycles. The standard InChI is InChI=1S/C7H14FNO2S/c8-3-1-4-12-5-2-6(9)7(10)11/h6H,1-5,9H2,(H,10,11)/i8-1. The predicted octanol–water partition coefficient (Wildman–Crippen LogP) is 0.881. The monoisotopic (exact) mass is 194 g/mol. The van der Waals surface area contributed by atoms with Crippen molar-refractivity contribution in [3.8, 4) is 0 Å². The third kappa shape index (κ3) is 6.42. The minimum Gasteiger partial charge on any atom is -0.480 e. The highest BCUT2D eigenvalue weighted by atomic mass is 32.2. The first-order valence-electron chi connectivity index (χ1n) is 3.80. The highest BCUT2D eigenvalue weighted by molar-refractivity contribution is 7.99. The fourth-order valence-electron chi connectivity index (χ4n) is 0.592. The van der Waals surface area contributed by atoms with Crippen LogP contribution in [0.2, 0.25) is 0 Å². The number of thioether (sulfide) groups is 1. The van der Waals surface area contributed by atoms with Crippen LogP contribution in [0.4, 0.5) is 4.39 Å². The number of carboxylic acids is 1. The molecule has 0 saturated heterocycles. The zero-order chi connectivity index (χ0) is 9.40. The van der Waals surface area contributed by atoms with E-state index < -0.39 is 12.0 Å². The normalized spacial score (nSPS) is 12.8. The Kier molecular flexibility index (Phi) is 7.19. The Morgan fingerprint density at radius 3 is 2.75 bits per heavy atom. The van der Waals surface area contributed by atoms with Crippen LogP contribution in [0, 0.1) is 0 Å². The Hall–Kier alpha value is -0.290. The summed E-state index contributed by atoms with van der Waals surface area (Å²) in [6.45, 7) is -0.308. The van der Waals surface area contributed by atoms with Gasteiger partial charge < -0.3 is 10.8 Å². The van der Waals surface area contributed by atoms with Gasteiger partial charge in [-0.3, -0.25) is 9.18 Å². The van der Waals surface area contributed by atoms with Crippen molar-refractivity contribution in [1.82, 2.24) is 0 Å². The van der Waals surface area contributed by atoms with Crippen LogP contribution in [0.1, 0.15) is 12.8 Å². The quantitative estimate of drug-likeness (QED) is 0.591. The van der Waals surface area contributed by atoms with Gasteiger partial charge in [0.2, 0.25) is 0 Å². The largest absolute Gasteiger partial charge is 0.480 e. The van der Waals surface area contributed by atoms with Gasteiger partial charge in [-0.15, -0.1) is 0 Å². The molecule has 3 nitrogen and oxygen atoms in total. The summed E-state index contributed by atoms with van der Waals surface area (Å²) in [6, 6.07) is -0.775. The summed E-state index contributed by atoms with van der Waals surface area (Å²) in [7, 11) is 0. The van der Waals surface area contributed by atoms with Crippen molar-refractivity contribution in [1.29, 1.82) is 0 Å². The molecular weight excluding hydrogens is 180 g/mol. The van der Waals surface area contributed by atoms with E-state index in [0.29, 0.717) is 18.6 Å². The maximum atomic E-state index is 11.6. The Bertz CT molecular complexity index is 135. The molecular formula is C7H14FNO2S. The van der Waals surface area contributed by atoms with Gasteiger partial charge in [0.15, 0.2) is 0 Å². The van der Waals surface area contributed by atoms with Crippen LogP contribution < -0.4 is 5.73 Å². The van der Waals surface area contributed by atoms with E-state index in [4.69, 9.17) is 10.8 Å². The lowest BCUT2D eigenvalue weighted by atomic mass is 10.2. The molecule has 0 rings (SSSR count). The van der Waals surface area contributed by atoms with Crippen molar-refractivity contribution in [3.05, 3.63) is 0 Å². The SMILES string of the molecule is NC(CCSCCC[18F])C(=O)O. The fourth-order valence-corrected chi connectivity index (χ4v) is 1.53. The van der Waals surface area contributed by atoms with Crippen molar-refractivity contribution in [3.63, 3.8) is 0 Å². The second-order valence-corrected chi connectivity index (χ2v) is 3.61. The molecule has 0 aromatic rings. The second kappa shape index (κ2) is 7.36. The number of hydrogen-bond donors (Lipinski definition) is 2. The van der Waals surface area contributed by atoms with Gasteiger partial charge in [0.25, 0.3) is 0 Å². The van der Waals surface area contributed by atoms with Gasteiger partial charge in [0.05, 0.1) is 6.67 Å². The molecule has 0 spiro atoms. The van der Waals surface area contributed by atoms with Crippen LogP contribution in [0.15, 0.2) is 0 Å². The van der Waals surface area contributed by atoms with E-state index in [2.05, 4.69) is 0 Å². The highest BCUT2D eigenvalue weighted by Crippen LogP contribution is 2.05. The maximum absolute atomic E-state index is 11.6. The van der Waals surface area contributed by atoms with Crippen LogP contribution in [-0.2, 0) is 4.79 Å². The van der Waals surface area contributed by atoms with Crippen LogP contribution >= 0.6 is 11.8 Å². The van der Waals surface area contributed by atoms with Crippen molar-refractivity contribution in [2.45, 2.75) is 18.9 Å². The summed E-state index contributed by atoms with van der Waals surface area (Å²) >= 11 is 1.54. The lowest BCUT2D eigenvalue weighted by Gasteiger charge is -2.04. The van der Waals surface area contributed by atoms with E-state index in [-0.39, 0.29) is 6.67 Å². The van der Waals surface area contributed by atoms with E-state index in [1.807, 2.05) is 0 Å². The molecule has 0 aliphatic rings. The van der Waals surface area contributed by atoms with E-state index >= 15 is 0 Å². The molecule has 1 atom stereocenters. The van der Waals surface area contributed by atoms with Gasteiger partial charge >= 0.3 is 5.97 Å². The zero-order valence-corrected chi connectivity index (χ0v) is 7.65. The molecule has 5 heteroatoms. The summed E-state index contributed by atoms with van der Waals surface area (Å²) < 4.78 is 11.6. The first-order chi connectivity index (χ1) is 5.68. The topological polar surface area (TPSA) is 63.3 Å². The third-order valence-corrected chi connectivity index (χ3v) is 2.41. The lowest BCUT2D eigenvalue weighted by molar-refractivity contribution is -0.138. The molecule has 0 aromatic heterocycles. The maximum Gasteiger partial charge on any atom is 0.320 e. The van der Waals surface area contributed by atoms with Gasteiger partial charge in [-0.1, -0.05) is 0 Å². The number of carboxylic acid groups (broad SMARTS) is 1. The Morgan fingerprint density at radius 2 is 2.25 bits per heavy atom. The summed E-state index contributed by atoms with van der Waals surface area (Å²) in [4.78, 5) is 10.2. The van der Waals surface area contributed by atoms with Crippen LogP contribution in [0.5, 0.6) is 0 Å². The highest BCUT2D eigenvalue weighted by Gasteiger charge is 2.09. The smallest absolute Gasteiger partial charge is 0.320 e. The van der Waals surface area contributed by atoms with E-state index in [1.54, 1.807) is 11.8 Å². The van der Waals surface area contributed by atoms with E-state index in [1.165, 1.54) is 0 Å². The van der Waals surface area contributed by atoms with Crippen molar-refractivity contribution >= 4 is 17.7 Å². The lowest BCUT2D eigenvalue weighted by Crippen LogP contribution is -2.30. The summed E-state index contributed by atoms with van der Waals surface area (Å²) in [5, 5.41) is 8.39. The summed E-state index contributed by atoms with van der Waals surface area (Å²) in [5.74, 6) is 0.456. The molecule has 0 aromatic carbocycles. The molecule has 12 heavy (non-hydrogen) atoms. The number of rotatable bonds is 7. The predicted molar refractivity (Wildman–Crippen MR) is 48.1 cm³/mol. The summed E-state index contributed by atoms with van der Waals surface area (Å²) in [6.07, 6.45) is 0.985. The molecule has 0 saturated carbocycles. The first kappa shape index (κ1) is 11.7. The number of hydrogen-bond acceptors (Lipinski definition) is 3. The van der Waals surface area contributed by atoms with Crippen molar-refractivity contribution in [2.75, 3.05) is 18.2 Å². The van der Waals surface area contributed by atoms with E-state index in [0.717, 1.165) is 5.75 Å². The molecule has 1 unspecified atom stereocenters. The minimum atomic E-state index is -0.971. The molecule has 0 amide bonds. The molecule has 3 N–H and O–H groups in total. The fraction of sp³-hybridized carbons (Fsp3) is 0.857. The first-order valence-corrected chi connectivity index (χ1v) is 4.96. The number of nitrogens with two attached hydrogens (primary N) is 1. The molecule has 0 radical (unpaired) electrons. The molecule has 0 bridgehead atoms. The summed E-state index contributed by atoms with van der Waals surface area (Å²) in [5.41, 5.74) is 5.24. The Morgan fingerprint density at radius 1 is 1.58 bits per heavy atom. The van der Waals surface area contributed by atoms with Gasteiger partial charge in [-0.2, -0.15) is 11.8 Å². The zero-order valence-electron chi connectivity index (χ0n) is 6.83. The number of alkyl halides is 1. The molecule has 72 valence electrons. The Balaban J connectivity index is 3.14. The number of halogens is 1. The van der Waals surface area contributed by atoms with Gasteiger partial charge in [0, 0.05) is 0 Å². The Labute approximate surface area is 75.5 Å². The van der Waals surface area contributed by atoms with Crippen LogP contribution in [0.25, 0.3) is 0 Å². The number of aliphatic carboxylic acids is 1. The van der Waals surface area contributed by atoms with Crippen molar-refractivity contribution < 1.29 is 14.3 Å².